The van der Waals surface area contributed by atoms with E-state index in [4.69, 9.17) is 9.84 Å². The van der Waals surface area contributed by atoms with Crippen LogP contribution in [0.1, 0.15) is 21.6 Å². The molecule has 0 unspecified atom stereocenters. The van der Waals surface area contributed by atoms with Gasteiger partial charge in [0.15, 0.2) is 11.4 Å². The van der Waals surface area contributed by atoms with Crippen molar-refractivity contribution in [1.82, 2.24) is 9.78 Å². The molecule has 94 valence electrons. The Morgan fingerprint density at radius 1 is 1.39 bits per heavy atom. The Kier molecular flexibility index (Phi) is 3.32. The van der Waals surface area contributed by atoms with E-state index in [-0.39, 0.29) is 11.4 Å². The number of aromatic nitrogens is 2. The Hall–Kier alpha value is -2.30. The number of ether oxygens (including phenoxy) is 1. The summed E-state index contributed by atoms with van der Waals surface area (Å²) in [7, 11) is 1.43. The molecule has 0 aliphatic rings. The van der Waals surface area contributed by atoms with Crippen LogP contribution in [0.25, 0.3) is 0 Å². The van der Waals surface area contributed by atoms with E-state index in [1.165, 1.54) is 18.0 Å². The topological polar surface area (TPSA) is 64.4 Å². The number of carbonyl (C=O) groups is 1. The summed E-state index contributed by atoms with van der Waals surface area (Å²) in [6.07, 6.45) is 1.41. The third-order valence-electron chi connectivity index (χ3n) is 2.68. The molecule has 0 aliphatic heterocycles. The quantitative estimate of drug-likeness (QED) is 0.895. The van der Waals surface area contributed by atoms with Gasteiger partial charge in [0.05, 0.1) is 19.9 Å². The van der Waals surface area contributed by atoms with Gasteiger partial charge in [-0.3, -0.25) is 4.68 Å². The van der Waals surface area contributed by atoms with Gasteiger partial charge in [-0.15, -0.1) is 0 Å². The van der Waals surface area contributed by atoms with E-state index >= 15 is 0 Å². The van der Waals surface area contributed by atoms with Crippen LogP contribution in [0.2, 0.25) is 0 Å². The van der Waals surface area contributed by atoms with Gasteiger partial charge in [-0.25, -0.2) is 4.79 Å². The van der Waals surface area contributed by atoms with Gasteiger partial charge in [0.1, 0.15) is 0 Å². The second-order valence-electron chi connectivity index (χ2n) is 4.01. The number of nitrogens with zero attached hydrogens (tertiary/aromatic N) is 2. The zero-order valence-corrected chi connectivity index (χ0v) is 10.3. The van der Waals surface area contributed by atoms with Gasteiger partial charge in [-0.1, -0.05) is 29.8 Å². The summed E-state index contributed by atoms with van der Waals surface area (Å²) < 4.78 is 6.40. The Morgan fingerprint density at radius 3 is 2.61 bits per heavy atom. The monoisotopic (exact) mass is 246 g/mol. The van der Waals surface area contributed by atoms with E-state index in [1.807, 2.05) is 31.2 Å². The highest BCUT2D eigenvalue weighted by molar-refractivity contribution is 5.88. The summed E-state index contributed by atoms with van der Waals surface area (Å²) in [6, 6.07) is 7.87. The molecule has 5 heteroatoms. The maximum absolute atomic E-state index is 11.2. The normalized spacial score (nSPS) is 10.3. The number of hydrogen-bond donors (Lipinski definition) is 1. The first-order chi connectivity index (χ1) is 8.61. The highest BCUT2D eigenvalue weighted by Gasteiger charge is 2.18. The lowest BCUT2D eigenvalue weighted by Crippen LogP contribution is -2.11. The van der Waals surface area contributed by atoms with Crippen LogP contribution in [0.5, 0.6) is 5.75 Å². The van der Waals surface area contributed by atoms with Gasteiger partial charge in [-0.2, -0.15) is 5.10 Å². The molecular weight excluding hydrogens is 232 g/mol. The van der Waals surface area contributed by atoms with E-state index in [2.05, 4.69) is 5.10 Å². The lowest BCUT2D eigenvalue weighted by atomic mass is 10.1. The molecule has 0 atom stereocenters. The summed E-state index contributed by atoms with van der Waals surface area (Å²) in [4.78, 5) is 11.2. The van der Waals surface area contributed by atoms with E-state index in [0.717, 1.165) is 11.1 Å². The zero-order valence-electron chi connectivity index (χ0n) is 10.3. The van der Waals surface area contributed by atoms with Crippen LogP contribution in [-0.4, -0.2) is 28.0 Å². The first kappa shape index (κ1) is 12.2. The summed E-state index contributed by atoms with van der Waals surface area (Å²) in [5, 5.41) is 13.2. The molecule has 0 amide bonds. The van der Waals surface area contributed by atoms with Crippen molar-refractivity contribution in [2.24, 2.45) is 0 Å². The summed E-state index contributed by atoms with van der Waals surface area (Å²) in [6.45, 7) is 2.41. The predicted octanol–water partition coefficient (Wildman–Crippen LogP) is 1.95. The fourth-order valence-electron chi connectivity index (χ4n) is 1.72. The highest BCUT2D eigenvalue weighted by atomic mass is 16.5. The molecule has 5 nitrogen and oxygen atoms in total. The number of benzene rings is 1. The van der Waals surface area contributed by atoms with Crippen LogP contribution in [-0.2, 0) is 6.54 Å². The Labute approximate surface area is 105 Å². The standard InChI is InChI=1S/C13H14N2O3/c1-9-3-5-10(6-4-9)8-15-12(13(16)17)11(18-2)7-14-15/h3-7H,8H2,1-2H3,(H,16,17). The first-order valence-corrected chi connectivity index (χ1v) is 5.50. The summed E-state index contributed by atoms with van der Waals surface area (Å²) >= 11 is 0. The smallest absolute Gasteiger partial charge is 0.358 e. The van der Waals surface area contributed by atoms with Crippen LogP contribution in [0.15, 0.2) is 30.5 Å². The lowest BCUT2D eigenvalue weighted by molar-refractivity contribution is 0.0680. The first-order valence-electron chi connectivity index (χ1n) is 5.50. The number of carboxylic acids is 1. The summed E-state index contributed by atoms with van der Waals surface area (Å²) in [5.74, 6) is -0.772. The molecule has 18 heavy (non-hydrogen) atoms. The lowest BCUT2D eigenvalue weighted by Gasteiger charge is -2.06. The summed E-state index contributed by atoms with van der Waals surface area (Å²) in [5.41, 5.74) is 2.22. The Morgan fingerprint density at radius 2 is 2.06 bits per heavy atom. The van der Waals surface area contributed by atoms with Crippen molar-refractivity contribution in [3.8, 4) is 5.75 Å². The fraction of sp³-hybridized carbons (Fsp3) is 0.231. The third kappa shape index (κ3) is 2.34. The van der Waals surface area contributed by atoms with Gasteiger partial charge < -0.3 is 9.84 Å². The minimum Gasteiger partial charge on any atom is -0.493 e. The SMILES string of the molecule is COc1cnn(Cc2ccc(C)cc2)c1C(=O)O. The molecule has 0 saturated heterocycles. The maximum Gasteiger partial charge on any atom is 0.358 e. The molecule has 0 bridgehead atoms. The van der Waals surface area contributed by atoms with Crippen LogP contribution in [0, 0.1) is 6.92 Å². The van der Waals surface area contributed by atoms with Gasteiger partial charge in [0.2, 0.25) is 0 Å². The van der Waals surface area contributed by atoms with Crippen LogP contribution >= 0.6 is 0 Å². The van der Waals surface area contributed by atoms with Crippen molar-refractivity contribution in [3.05, 3.63) is 47.3 Å². The van der Waals surface area contributed by atoms with Gasteiger partial charge in [0.25, 0.3) is 0 Å². The largest absolute Gasteiger partial charge is 0.493 e. The Balaban J connectivity index is 2.31. The van der Waals surface area contributed by atoms with E-state index < -0.39 is 5.97 Å². The molecule has 2 rings (SSSR count). The van der Waals surface area contributed by atoms with Crippen LogP contribution in [0.4, 0.5) is 0 Å². The van der Waals surface area contributed by atoms with Crippen LogP contribution < -0.4 is 4.74 Å². The average molecular weight is 246 g/mol. The molecule has 0 spiro atoms. The van der Waals surface area contributed by atoms with Crippen molar-refractivity contribution < 1.29 is 14.6 Å². The number of carboxylic acid groups (broad SMARTS) is 1. The molecule has 2 aromatic rings. The van der Waals surface area contributed by atoms with E-state index in [9.17, 15) is 4.79 Å². The second-order valence-corrected chi connectivity index (χ2v) is 4.01. The minimum absolute atomic E-state index is 0.0677. The molecule has 0 radical (unpaired) electrons. The molecule has 0 fully saturated rings. The predicted molar refractivity (Wildman–Crippen MR) is 66.0 cm³/mol. The van der Waals surface area contributed by atoms with E-state index in [1.54, 1.807) is 0 Å². The molecule has 1 aromatic heterocycles. The van der Waals surface area contributed by atoms with Gasteiger partial charge in [0, 0.05) is 0 Å². The van der Waals surface area contributed by atoms with Crippen molar-refractivity contribution >= 4 is 5.97 Å². The zero-order chi connectivity index (χ0) is 13.1. The number of rotatable bonds is 4. The maximum atomic E-state index is 11.2. The number of aromatic carboxylic acids is 1. The molecule has 0 aliphatic carbocycles. The molecular formula is C13H14N2O3. The molecule has 1 aromatic carbocycles. The molecule has 0 saturated carbocycles. The van der Waals surface area contributed by atoms with Crippen molar-refractivity contribution in [1.29, 1.82) is 0 Å². The second kappa shape index (κ2) is 4.91. The van der Waals surface area contributed by atoms with Gasteiger partial charge in [-0.05, 0) is 12.5 Å². The average Bonchev–Trinajstić information content (AvgIpc) is 2.75. The van der Waals surface area contributed by atoms with Crippen LogP contribution in [0.3, 0.4) is 0 Å². The third-order valence-corrected chi connectivity index (χ3v) is 2.68. The fourth-order valence-corrected chi connectivity index (χ4v) is 1.72. The number of aryl methyl sites for hydroxylation is 1. The van der Waals surface area contributed by atoms with Crippen molar-refractivity contribution in [2.75, 3.05) is 7.11 Å². The number of methoxy groups -OCH3 is 1. The minimum atomic E-state index is -1.04. The van der Waals surface area contributed by atoms with Crippen molar-refractivity contribution in [3.63, 3.8) is 0 Å². The molecule has 1 heterocycles. The number of hydrogen-bond acceptors (Lipinski definition) is 3. The van der Waals surface area contributed by atoms with Gasteiger partial charge >= 0.3 is 5.97 Å². The highest BCUT2D eigenvalue weighted by Crippen LogP contribution is 2.18. The Bertz CT molecular complexity index is 558. The van der Waals surface area contributed by atoms with Crippen molar-refractivity contribution in [2.45, 2.75) is 13.5 Å². The van der Waals surface area contributed by atoms with E-state index in [0.29, 0.717) is 6.54 Å². The molecule has 1 N–H and O–H groups in total.